The van der Waals surface area contributed by atoms with Crippen molar-refractivity contribution in [1.82, 2.24) is 5.32 Å². The predicted molar refractivity (Wildman–Crippen MR) is 74.7 cm³/mol. The molecule has 0 aliphatic heterocycles. The maximum Gasteiger partial charge on any atom is 0.0465 e. The van der Waals surface area contributed by atoms with Crippen LogP contribution in [-0.2, 0) is 6.54 Å². The summed E-state index contributed by atoms with van der Waals surface area (Å²) in [7, 11) is 0. The summed E-state index contributed by atoms with van der Waals surface area (Å²) in [5, 5.41) is 5.10. The molecule has 1 aromatic rings. The summed E-state index contributed by atoms with van der Waals surface area (Å²) in [4.78, 5) is 0. The highest BCUT2D eigenvalue weighted by Crippen LogP contribution is 2.32. The van der Waals surface area contributed by atoms with Crippen molar-refractivity contribution < 1.29 is 0 Å². The van der Waals surface area contributed by atoms with Gasteiger partial charge in [-0.2, -0.15) is 0 Å². The largest absolute Gasteiger partial charge is 0.310 e. The van der Waals surface area contributed by atoms with E-state index in [9.17, 15) is 0 Å². The van der Waals surface area contributed by atoms with E-state index in [1.54, 1.807) is 0 Å². The van der Waals surface area contributed by atoms with Crippen molar-refractivity contribution >= 4 is 23.2 Å². The Labute approximate surface area is 114 Å². The zero-order chi connectivity index (χ0) is 12.4. The summed E-state index contributed by atoms with van der Waals surface area (Å²) in [6, 6.07) is 6.27. The molecule has 1 fully saturated rings. The van der Waals surface area contributed by atoms with E-state index in [4.69, 9.17) is 23.2 Å². The number of nitrogens with one attached hydrogen (secondary N) is 1. The first-order valence-electron chi connectivity index (χ1n) is 6.26. The Morgan fingerprint density at radius 1 is 1.18 bits per heavy atom. The molecule has 1 aromatic carbocycles. The lowest BCUT2D eigenvalue weighted by Gasteiger charge is -2.20. The normalized spacial score (nSPS) is 28.6. The fourth-order valence-electron chi connectivity index (χ4n) is 2.59. The molecule has 0 amide bonds. The van der Waals surface area contributed by atoms with Crippen LogP contribution in [0.2, 0.25) is 10.0 Å². The van der Waals surface area contributed by atoms with Gasteiger partial charge >= 0.3 is 0 Å². The standard InChI is InChI=1S/C14H19Cl2N/c1-9-6-7-14(10(9)2)17-8-11-12(15)4-3-5-13(11)16/h3-5,9-10,14,17H,6-8H2,1-2H3. The molecule has 17 heavy (non-hydrogen) atoms. The summed E-state index contributed by atoms with van der Waals surface area (Å²) >= 11 is 12.3. The molecule has 3 heteroatoms. The van der Waals surface area contributed by atoms with E-state index in [1.165, 1.54) is 12.8 Å². The smallest absolute Gasteiger partial charge is 0.0465 e. The fraction of sp³-hybridized carbons (Fsp3) is 0.571. The fourth-order valence-corrected chi connectivity index (χ4v) is 3.12. The molecule has 0 saturated heterocycles. The lowest BCUT2D eigenvalue weighted by molar-refractivity contribution is 0.370. The number of hydrogen-bond donors (Lipinski definition) is 1. The summed E-state index contributed by atoms with van der Waals surface area (Å²) in [6.07, 6.45) is 2.57. The third kappa shape index (κ3) is 2.96. The first kappa shape index (κ1) is 13.2. The summed E-state index contributed by atoms with van der Waals surface area (Å²) in [5.74, 6) is 1.55. The van der Waals surface area contributed by atoms with Gasteiger partial charge in [-0.1, -0.05) is 43.1 Å². The molecule has 0 radical (unpaired) electrons. The Morgan fingerprint density at radius 3 is 2.35 bits per heavy atom. The van der Waals surface area contributed by atoms with Gasteiger partial charge in [0.05, 0.1) is 0 Å². The van der Waals surface area contributed by atoms with Crippen molar-refractivity contribution in [2.75, 3.05) is 0 Å². The molecule has 1 N–H and O–H groups in total. The maximum absolute atomic E-state index is 6.16. The Bertz CT molecular complexity index is 372. The van der Waals surface area contributed by atoms with E-state index >= 15 is 0 Å². The summed E-state index contributed by atoms with van der Waals surface area (Å²) < 4.78 is 0. The van der Waals surface area contributed by atoms with Gasteiger partial charge in [0, 0.05) is 28.2 Å². The number of benzene rings is 1. The van der Waals surface area contributed by atoms with E-state index in [2.05, 4.69) is 19.2 Å². The minimum atomic E-state index is 0.595. The highest BCUT2D eigenvalue weighted by atomic mass is 35.5. The molecule has 94 valence electrons. The first-order valence-corrected chi connectivity index (χ1v) is 7.01. The number of hydrogen-bond acceptors (Lipinski definition) is 1. The molecule has 1 saturated carbocycles. The van der Waals surface area contributed by atoms with Gasteiger partial charge in [0.2, 0.25) is 0 Å². The molecule has 1 nitrogen and oxygen atoms in total. The molecule has 3 atom stereocenters. The third-order valence-corrected chi connectivity index (χ3v) is 4.78. The van der Waals surface area contributed by atoms with Crippen molar-refractivity contribution in [3.8, 4) is 0 Å². The van der Waals surface area contributed by atoms with Gasteiger partial charge in [0.15, 0.2) is 0 Å². The monoisotopic (exact) mass is 271 g/mol. The molecule has 3 unspecified atom stereocenters. The number of halogens is 2. The van der Waals surface area contributed by atoms with Gasteiger partial charge < -0.3 is 5.32 Å². The van der Waals surface area contributed by atoms with Crippen LogP contribution >= 0.6 is 23.2 Å². The molecule has 0 aromatic heterocycles. The van der Waals surface area contributed by atoms with Crippen LogP contribution in [-0.4, -0.2) is 6.04 Å². The van der Waals surface area contributed by atoms with Gasteiger partial charge in [-0.15, -0.1) is 0 Å². The lowest BCUT2D eigenvalue weighted by atomic mass is 9.98. The second kappa shape index (κ2) is 5.60. The highest BCUT2D eigenvalue weighted by Gasteiger charge is 2.29. The van der Waals surface area contributed by atoms with Crippen LogP contribution in [0.5, 0.6) is 0 Å². The van der Waals surface area contributed by atoms with Crippen LogP contribution in [0.25, 0.3) is 0 Å². The molecule has 1 aliphatic rings. The minimum Gasteiger partial charge on any atom is -0.310 e. The van der Waals surface area contributed by atoms with Crippen molar-refractivity contribution in [3.05, 3.63) is 33.8 Å². The van der Waals surface area contributed by atoms with Gasteiger partial charge in [-0.3, -0.25) is 0 Å². The molecule has 2 rings (SSSR count). The third-order valence-electron chi connectivity index (χ3n) is 4.07. The van der Waals surface area contributed by atoms with Crippen LogP contribution in [0.1, 0.15) is 32.3 Å². The van der Waals surface area contributed by atoms with Crippen molar-refractivity contribution in [2.45, 2.75) is 39.3 Å². The summed E-state index contributed by atoms with van der Waals surface area (Å²) in [6.45, 7) is 5.42. The van der Waals surface area contributed by atoms with E-state index in [-0.39, 0.29) is 0 Å². The Balaban J connectivity index is 1.99. The summed E-state index contributed by atoms with van der Waals surface area (Å²) in [5.41, 5.74) is 1.02. The molecule has 0 heterocycles. The van der Waals surface area contributed by atoms with E-state index in [1.807, 2.05) is 18.2 Å². The topological polar surface area (TPSA) is 12.0 Å². The van der Waals surface area contributed by atoms with Crippen LogP contribution in [0.15, 0.2) is 18.2 Å². The SMILES string of the molecule is CC1CCC(NCc2c(Cl)cccc2Cl)C1C. The average Bonchev–Trinajstić information content (AvgIpc) is 2.60. The minimum absolute atomic E-state index is 0.595. The molecular weight excluding hydrogens is 253 g/mol. The van der Waals surface area contributed by atoms with Crippen molar-refractivity contribution in [3.63, 3.8) is 0 Å². The zero-order valence-corrected chi connectivity index (χ0v) is 11.9. The van der Waals surface area contributed by atoms with E-state index in [0.717, 1.165) is 34.0 Å². The van der Waals surface area contributed by atoms with Crippen LogP contribution in [0, 0.1) is 11.8 Å². The van der Waals surface area contributed by atoms with Crippen molar-refractivity contribution in [1.29, 1.82) is 0 Å². The quantitative estimate of drug-likeness (QED) is 0.853. The lowest BCUT2D eigenvalue weighted by Crippen LogP contribution is -2.32. The Kier molecular flexibility index (Phi) is 4.35. The zero-order valence-electron chi connectivity index (χ0n) is 10.3. The maximum atomic E-state index is 6.16. The Hall–Kier alpha value is -0.240. The van der Waals surface area contributed by atoms with E-state index in [0.29, 0.717) is 6.04 Å². The highest BCUT2D eigenvalue weighted by molar-refractivity contribution is 6.35. The molecule has 0 spiro atoms. The number of rotatable bonds is 3. The van der Waals surface area contributed by atoms with Crippen molar-refractivity contribution in [2.24, 2.45) is 11.8 Å². The van der Waals surface area contributed by atoms with Crippen LogP contribution < -0.4 is 5.32 Å². The predicted octanol–water partition coefficient (Wildman–Crippen LogP) is 4.52. The molecule has 1 aliphatic carbocycles. The average molecular weight is 272 g/mol. The second-order valence-electron chi connectivity index (χ2n) is 5.10. The molecular formula is C14H19Cl2N. The van der Waals surface area contributed by atoms with Gasteiger partial charge in [0.1, 0.15) is 0 Å². The van der Waals surface area contributed by atoms with Crippen LogP contribution in [0.3, 0.4) is 0 Å². The Morgan fingerprint density at radius 2 is 1.82 bits per heavy atom. The van der Waals surface area contributed by atoms with E-state index < -0.39 is 0 Å². The van der Waals surface area contributed by atoms with Gasteiger partial charge in [-0.05, 0) is 36.8 Å². The van der Waals surface area contributed by atoms with Gasteiger partial charge in [0.25, 0.3) is 0 Å². The molecule has 0 bridgehead atoms. The van der Waals surface area contributed by atoms with Gasteiger partial charge in [-0.25, -0.2) is 0 Å². The second-order valence-corrected chi connectivity index (χ2v) is 5.92. The van der Waals surface area contributed by atoms with Crippen LogP contribution in [0.4, 0.5) is 0 Å². The first-order chi connectivity index (χ1) is 8.09.